The number of carbonyl (C=O) groups excluding carboxylic acids is 1. The fourth-order valence-corrected chi connectivity index (χ4v) is 4.45. The summed E-state index contributed by atoms with van der Waals surface area (Å²) in [5, 5.41) is 8.49. The van der Waals surface area contributed by atoms with Crippen LogP contribution in [0.15, 0.2) is 85.3 Å². The van der Waals surface area contributed by atoms with Crippen molar-refractivity contribution in [1.82, 2.24) is 20.1 Å². The van der Waals surface area contributed by atoms with E-state index in [1.54, 1.807) is 16.9 Å². The molecule has 0 aliphatic heterocycles. The molecular formula is C29H27FN4O. The van der Waals surface area contributed by atoms with Crippen LogP contribution in [0.2, 0.25) is 0 Å². The molecule has 0 aliphatic rings. The van der Waals surface area contributed by atoms with Gasteiger partial charge in [-0.2, -0.15) is 5.10 Å². The molecule has 0 bridgehead atoms. The first-order valence-corrected chi connectivity index (χ1v) is 11.7. The van der Waals surface area contributed by atoms with E-state index >= 15 is 0 Å². The summed E-state index contributed by atoms with van der Waals surface area (Å²) in [6, 6.07) is 20.4. The number of H-pyrrole nitrogens is 1. The summed E-state index contributed by atoms with van der Waals surface area (Å²) in [4.78, 5) is 17.0. The van der Waals surface area contributed by atoms with Crippen molar-refractivity contribution in [3.8, 4) is 11.1 Å². The largest absolute Gasteiger partial charge is 0.360 e. The Morgan fingerprint density at radius 2 is 1.91 bits per heavy atom. The number of aromatic nitrogens is 3. The molecule has 0 aliphatic carbocycles. The van der Waals surface area contributed by atoms with Crippen LogP contribution in [0.3, 0.4) is 0 Å². The molecule has 5 nitrogen and oxygen atoms in total. The van der Waals surface area contributed by atoms with E-state index in [9.17, 15) is 9.18 Å². The molecule has 0 radical (unpaired) electrons. The monoisotopic (exact) mass is 466 g/mol. The second-order valence-electron chi connectivity index (χ2n) is 8.87. The minimum atomic E-state index is -0.540. The van der Waals surface area contributed by atoms with Gasteiger partial charge in [-0.1, -0.05) is 54.6 Å². The Hall–Kier alpha value is -4.03. The summed E-state index contributed by atoms with van der Waals surface area (Å²) in [6.07, 6.45) is 6.05. The molecule has 3 aromatic carbocycles. The molecule has 0 saturated carbocycles. The Kier molecular flexibility index (Phi) is 6.29. The van der Waals surface area contributed by atoms with Crippen LogP contribution in [0.5, 0.6) is 0 Å². The van der Waals surface area contributed by atoms with Crippen LogP contribution < -0.4 is 5.32 Å². The molecular weight excluding hydrogens is 439 g/mol. The van der Waals surface area contributed by atoms with Crippen LogP contribution >= 0.6 is 0 Å². The Balaban J connectivity index is 1.41. The molecule has 1 atom stereocenters. The lowest BCUT2D eigenvalue weighted by Crippen LogP contribution is -2.30. The maximum atomic E-state index is 14.3. The van der Waals surface area contributed by atoms with Gasteiger partial charge in [0.15, 0.2) is 5.78 Å². The molecule has 0 amide bonds. The molecule has 2 N–H and O–H groups in total. The standard InChI is InChI=1S/C29H27FN4O/c1-19-8-9-20(26(30)14-19)12-13-31-28(21-6-4-3-5-7-21)29(35)25-17-32-27-15-22(10-11-24(25)27)23-16-33-34(2)18-23/h3-11,14-18,28,31-32H,12-13H2,1-2H3/t28-/m1/s1. The first-order chi connectivity index (χ1) is 17.0. The van der Waals surface area contributed by atoms with Gasteiger partial charge in [0.2, 0.25) is 0 Å². The summed E-state index contributed by atoms with van der Waals surface area (Å²) in [7, 11) is 1.89. The Bertz CT molecular complexity index is 1490. The molecule has 5 aromatic rings. The van der Waals surface area contributed by atoms with Crippen molar-refractivity contribution < 1.29 is 9.18 Å². The lowest BCUT2D eigenvalue weighted by atomic mass is 9.96. The minimum absolute atomic E-state index is 0.0269. The van der Waals surface area contributed by atoms with Crippen molar-refractivity contribution in [2.24, 2.45) is 7.05 Å². The number of aromatic amines is 1. The molecule has 0 saturated heterocycles. The van der Waals surface area contributed by atoms with Gasteiger partial charge in [-0.15, -0.1) is 0 Å². The number of rotatable bonds is 8. The van der Waals surface area contributed by atoms with E-state index in [0.717, 1.165) is 33.2 Å². The van der Waals surface area contributed by atoms with Gasteiger partial charge in [-0.25, -0.2) is 4.39 Å². The van der Waals surface area contributed by atoms with Crippen molar-refractivity contribution >= 4 is 16.7 Å². The van der Waals surface area contributed by atoms with Crippen LogP contribution in [0.4, 0.5) is 4.39 Å². The number of hydrogen-bond acceptors (Lipinski definition) is 3. The van der Waals surface area contributed by atoms with Gasteiger partial charge in [0, 0.05) is 48.0 Å². The molecule has 5 rings (SSSR count). The van der Waals surface area contributed by atoms with Crippen molar-refractivity contribution in [2.75, 3.05) is 6.54 Å². The van der Waals surface area contributed by atoms with Gasteiger partial charge < -0.3 is 10.3 Å². The number of halogens is 1. The second-order valence-corrected chi connectivity index (χ2v) is 8.87. The number of nitrogens with one attached hydrogen (secondary N) is 2. The number of hydrogen-bond donors (Lipinski definition) is 2. The zero-order valence-corrected chi connectivity index (χ0v) is 19.8. The molecule has 0 fully saturated rings. The predicted molar refractivity (Wildman–Crippen MR) is 137 cm³/mol. The number of fused-ring (bicyclic) bond motifs is 1. The summed E-state index contributed by atoms with van der Waals surface area (Å²) < 4.78 is 16.1. The minimum Gasteiger partial charge on any atom is -0.360 e. The van der Waals surface area contributed by atoms with Gasteiger partial charge >= 0.3 is 0 Å². The smallest absolute Gasteiger partial charge is 0.186 e. The topological polar surface area (TPSA) is 62.7 Å². The van der Waals surface area contributed by atoms with E-state index in [-0.39, 0.29) is 11.6 Å². The SMILES string of the molecule is Cc1ccc(CCN[C@@H](C(=O)c2c[nH]c3cc(-c4cnn(C)c4)ccc23)c2ccccc2)c(F)c1. The van der Waals surface area contributed by atoms with E-state index in [4.69, 9.17) is 0 Å². The molecule has 6 heteroatoms. The maximum absolute atomic E-state index is 14.3. The van der Waals surface area contributed by atoms with Crippen LogP contribution in [-0.4, -0.2) is 27.1 Å². The van der Waals surface area contributed by atoms with Crippen molar-refractivity contribution in [3.05, 3.63) is 113 Å². The number of Topliss-reactive ketones (excluding diaryl/α,β-unsaturated/α-hetero) is 1. The third-order valence-electron chi connectivity index (χ3n) is 6.33. The zero-order chi connectivity index (χ0) is 24.4. The van der Waals surface area contributed by atoms with Crippen molar-refractivity contribution in [3.63, 3.8) is 0 Å². The van der Waals surface area contributed by atoms with Gasteiger partial charge in [0.05, 0.1) is 12.2 Å². The van der Waals surface area contributed by atoms with E-state index < -0.39 is 6.04 Å². The number of nitrogens with zero attached hydrogens (tertiary/aromatic N) is 2. The highest BCUT2D eigenvalue weighted by Crippen LogP contribution is 2.29. The normalized spacial score (nSPS) is 12.2. The molecule has 0 unspecified atom stereocenters. The Morgan fingerprint density at radius 3 is 2.66 bits per heavy atom. The van der Waals surface area contributed by atoms with Crippen LogP contribution in [0.1, 0.15) is 33.1 Å². The third kappa shape index (κ3) is 4.79. The average molecular weight is 467 g/mol. The highest BCUT2D eigenvalue weighted by atomic mass is 19.1. The quantitative estimate of drug-likeness (QED) is 0.285. The zero-order valence-electron chi connectivity index (χ0n) is 19.8. The fraction of sp³-hybridized carbons (Fsp3) is 0.172. The van der Waals surface area contributed by atoms with Crippen LogP contribution in [-0.2, 0) is 13.5 Å². The number of carbonyl (C=O) groups is 1. The third-order valence-corrected chi connectivity index (χ3v) is 6.33. The lowest BCUT2D eigenvalue weighted by molar-refractivity contribution is 0.0945. The average Bonchev–Trinajstić information content (AvgIpc) is 3.49. The van der Waals surface area contributed by atoms with E-state index in [0.29, 0.717) is 24.1 Å². The first kappa shape index (κ1) is 22.7. The lowest BCUT2D eigenvalue weighted by Gasteiger charge is -2.18. The van der Waals surface area contributed by atoms with E-state index in [1.165, 1.54) is 0 Å². The van der Waals surface area contributed by atoms with E-state index in [2.05, 4.69) is 15.4 Å². The fourth-order valence-electron chi connectivity index (χ4n) is 4.45. The first-order valence-electron chi connectivity index (χ1n) is 11.7. The van der Waals surface area contributed by atoms with Crippen LogP contribution in [0, 0.1) is 12.7 Å². The Morgan fingerprint density at radius 1 is 1.09 bits per heavy atom. The molecule has 2 aromatic heterocycles. The predicted octanol–water partition coefficient (Wildman–Crippen LogP) is 5.77. The van der Waals surface area contributed by atoms with Gasteiger partial charge in [-0.05, 0) is 47.7 Å². The van der Waals surface area contributed by atoms with Crippen LogP contribution in [0.25, 0.3) is 22.0 Å². The second kappa shape index (κ2) is 9.68. The summed E-state index contributed by atoms with van der Waals surface area (Å²) in [6.45, 7) is 2.34. The molecule has 35 heavy (non-hydrogen) atoms. The number of ketones is 1. The summed E-state index contributed by atoms with van der Waals surface area (Å²) in [5.74, 6) is -0.239. The Labute approximate surface area is 203 Å². The summed E-state index contributed by atoms with van der Waals surface area (Å²) >= 11 is 0. The van der Waals surface area contributed by atoms with E-state index in [1.807, 2.05) is 87.0 Å². The molecule has 176 valence electrons. The van der Waals surface area contributed by atoms with Gasteiger partial charge in [-0.3, -0.25) is 9.48 Å². The number of benzene rings is 3. The maximum Gasteiger partial charge on any atom is 0.186 e. The number of aryl methyl sites for hydroxylation is 2. The van der Waals surface area contributed by atoms with Gasteiger partial charge in [0.1, 0.15) is 5.82 Å². The molecule has 2 heterocycles. The summed E-state index contributed by atoms with van der Waals surface area (Å²) in [5.41, 5.74) is 5.97. The highest BCUT2D eigenvalue weighted by Gasteiger charge is 2.24. The van der Waals surface area contributed by atoms with Crippen molar-refractivity contribution in [2.45, 2.75) is 19.4 Å². The highest BCUT2D eigenvalue weighted by molar-refractivity contribution is 6.11. The molecule has 0 spiro atoms. The van der Waals surface area contributed by atoms with Gasteiger partial charge in [0.25, 0.3) is 0 Å². The van der Waals surface area contributed by atoms with Crippen molar-refractivity contribution in [1.29, 1.82) is 0 Å².